The van der Waals surface area contributed by atoms with Gasteiger partial charge in [-0.1, -0.05) is 32.0 Å². The molecule has 2 aromatic rings. The topological polar surface area (TPSA) is 47.6 Å². The third-order valence-electron chi connectivity index (χ3n) is 4.18. The van der Waals surface area contributed by atoms with Crippen molar-refractivity contribution in [2.24, 2.45) is 0 Å². The molecule has 0 aromatic heterocycles. The van der Waals surface area contributed by atoms with E-state index in [1.807, 2.05) is 32.0 Å². The van der Waals surface area contributed by atoms with Gasteiger partial charge in [-0.25, -0.2) is 0 Å². The lowest BCUT2D eigenvalue weighted by atomic mass is 9.98. The first-order valence-electron chi connectivity index (χ1n) is 8.02. The first kappa shape index (κ1) is 17.9. The van der Waals surface area contributed by atoms with Gasteiger partial charge in [0.15, 0.2) is 0 Å². The average Bonchev–Trinajstić information content (AvgIpc) is 2.56. The number of para-hydroxylation sites is 1. The first-order chi connectivity index (χ1) is 11.4. The summed E-state index contributed by atoms with van der Waals surface area (Å²) in [5, 5.41) is 3.05. The highest BCUT2D eigenvalue weighted by Crippen LogP contribution is 2.31. The van der Waals surface area contributed by atoms with Crippen LogP contribution in [-0.4, -0.2) is 20.1 Å². The van der Waals surface area contributed by atoms with Gasteiger partial charge in [0.05, 0.1) is 14.2 Å². The number of hydrogen-bond acceptors (Lipinski definition) is 3. The molecular formula is C20H25NO3. The van der Waals surface area contributed by atoms with E-state index < -0.39 is 0 Å². The quantitative estimate of drug-likeness (QED) is 0.866. The Balaban J connectivity index is 2.41. The van der Waals surface area contributed by atoms with Crippen molar-refractivity contribution in [3.8, 4) is 11.5 Å². The average molecular weight is 327 g/mol. The Kier molecular flexibility index (Phi) is 5.50. The Bertz CT molecular complexity index is 726. The fourth-order valence-electron chi connectivity index (χ4n) is 2.75. The molecule has 4 nitrogen and oxygen atoms in total. The fraction of sp³-hybridized carbons (Fsp3) is 0.350. The zero-order chi connectivity index (χ0) is 17.9. The minimum absolute atomic E-state index is 0.178. The molecule has 0 radical (unpaired) electrons. The Labute approximate surface area is 143 Å². The van der Waals surface area contributed by atoms with Gasteiger partial charge in [-0.2, -0.15) is 0 Å². The molecule has 1 N–H and O–H groups in total. The zero-order valence-corrected chi connectivity index (χ0v) is 15.2. The summed E-state index contributed by atoms with van der Waals surface area (Å²) in [5.41, 5.74) is 4.41. The number of hydrogen-bond donors (Lipinski definition) is 1. The molecule has 0 saturated heterocycles. The van der Waals surface area contributed by atoms with Crippen LogP contribution in [0.25, 0.3) is 0 Å². The summed E-state index contributed by atoms with van der Waals surface area (Å²) in [5.74, 6) is 1.41. The molecule has 0 saturated carbocycles. The molecule has 0 aliphatic rings. The molecule has 0 atom stereocenters. The highest BCUT2D eigenvalue weighted by Gasteiger charge is 2.16. The number of nitrogens with one attached hydrogen (secondary N) is 1. The molecule has 2 rings (SSSR count). The van der Waals surface area contributed by atoms with Gasteiger partial charge in [-0.05, 0) is 43.0 Å². The number of carbonyl (C=O) groups is 1. The predicted octanol–water partition coefficient (Wildman–Crippen LogP) is 4.70. The van der Waals surface area contributed by atoms with Crippen LogP contribution in [0.2, 0.25) is 0 Å². The van der Waals surface area contributed by atoms with E-state index in [4.69, 9.17) is 9.47 Å². The molecule has 0 bridgehead atoms. The van der Waals surface area contributed by atoms with Crippen LogP contribution in [0.1, 0.15) is 46.8 Å². The van der Waals surface area contributed by atoms with Gasteiger partial charge in [0.25, 0.3) is 5.91 Å². The lowest BCUT2D eigenvalue weighted by Gasteiger charge is -2.17. The minimum atomic E-state index is -0.178. The van der Waals surface area contributed by atoms with Gasteiger partial charge in [0, 0.05) is 16.8 Å². The summed E-state index contributed by atoms with van der Waals surface area (Å²) >= 11 is 0. The number of benzene rings is 2. The van der Waals surface area contributed by atoms with Crippen molar-refractivity contribution in [3.05, 3.63) is 52.6 Å². The minimum Gasteiger partial charge on any atom is -0.496 e. The lowest BCUT2D eigenvalue weighted by Crippen LogP contribution is -2.15. The smallest absolute Gasteiger partial charge is 0.255 e. The molecule has 0 heterocycles. The molecule has 0 fully saturated rings. The van der Waals surface area contributed by atoms with Crippen LogP contribution in [0.5, 0.6) is 11.5 Å². The molecule has 4 heteroatoms. The summed E-state index contributed by atoms with van der Waals surface area (Å²) in [6, 6.07) is 9.53. The summed E-state index contributed by atoms with van der Waals surface area (Å²) in [6.07, 6.45) is 0. The van der Waals surface area contributed by atoms with E-state index in [0.717, 1.165) is 22.4 Å². The number of anilines is 1. The van der Waals surface area contributed by atoms with Crippen LogP contribution in [-0.2, 0) is 0 Å². The SMILES string of the molecule is COc1cc(C(=O)Nc2c(C)cccc2C(C)C)cc(OC)c1C. The van der Waals surface area contributed by atoms with Gasteiger partial charge in [0.2, 0.25) is 0 Å². The predicted molar refractivity (Wildman–Crippen MR) is 97.5 cm³/mol. The van der Waals surface area contributed by atoms with Gasteiger partial charge in [-0.15, -0.1) is 0 Å². The van der Waals surface area contributed by atoms with Crippen LogP contribution >= 0.6 is 0 Å². The van der Waals surface area contributed by atoms with Crippen LogP contribution in [0.4, 0.5) is 5.69 Å². The van der Waals surface area contributed by atoms with E-state index in [1.165, 1.54) is 0 Å². The van der Waals surface area contributed by atoms with E-state index in [-0.39, 0.29) is 5.91 Å². The van der Waals surface area contributed by atoms with E-state index in [1.54, 1.807) is 26.4 Å². The Morgan fingerprint density at radius 2 is 1.62 bits per heavy atom. The first-order valence-corrected chi connectivity index (χ1v) is 8.02. The summed E-state index contributed by atoms with van der Waals surface area (Å²) in [7, 11) is 3.17. The van der Waals surface area contributed by atoms with Crippen LogP contribution in [0.15, 0.2) is 30.3 Å². The van der Waals surface area contributed by atoms with Gasteiger partial charge >= 0.3 is 0 Å². The van der Waals surface area contributed by atoms with E-state index >= 15 is 0 Å². The molecule has 0 spiro atoms. The second kappa shape index (κ2) is 7.39. The standard InChI is InChI=1S/C20H25NO3/c1-12(2)16-9-7-8-13(3)19(16)21-20(22)15-10-17(23-5)14(4)18(11-15)24-6/h7-12H,1-6H3,(H,21,22). The number of carbonyl (C=O) groups excluding carboxylic acids is 1. The third-order valence-corrected chi connectivity index (χ3v) is 4.18. The van der Waals surface area contributed by atoms with Gasteiger partial charge in [-0.3, -0.25) is 4.79 Å². The van der Waals surface area contributed by atoms with Gasteiger partial charge in [0.1, 0.15) is 11.5 Å². The molecule has 128 valence electrons. The second-order valence-electron chi connectivity index (χ2n) is 6.15. The fourth-order valence-corrected chi connectivity index (χ4v) is 2.75. The van der Waals surface area contributed by atoms with Crippen molar-refractivity contribution in [2.45, 2.75) is 33.6 Å². The van der Waals surface area contributed by atoms with Crippen molar-refractivity contribution in [3.63, 3.8) is 0 Å². The maximum absolute atomic E-state index is 12.8. The molecule has 2 aromatic carbocycles. The molecule has 1 amide bonds. The number of ether oxygens (including phenoxy) is 2. The highest BCUT2D eigenvalue weighted by molar-refractivity contribution is 6.05. The monoisotopic (exact) mass is 327 g/mol. The van der Waals surface area contributed by atoms with Crippen LogP contribution in [0.3, 0.4) is 0 Å². The highest BCUT2D eigenvalue weighted by atomic mass is 16.5. The molecule has 0 aliphatic carbocycles. The second-order valence-corrected chi connectivity index (χ2v) is 6.15. The van der Waals surface area contributed by atoms with Crippen molar-refractivity contribution in [1.29, 1.82) is 0 Å². The number of aryl methyl sites for hydroxylation is 1. The summed E-state index contributed by atoms with van der Waals surface area (Å²) in [4.78, 5) is 12.8. The maximum Gasteiger partial charge on any atom is 0.255 e. The molecule has 0 unspecified atom stereocenters. The van der Waals surface area contributed by atoms with Crippen LogP contribution in [0, 0.1) is 13.8 Å². The number of rotatable bonds is 5. The van der Waals surface area contributed by atoms with Crippen molar-refractivity contribution < 1.29 is 14.3 Å². The summed E-state index contributed by atoms with van der Waals surface area (Å²) < 4.78 is 10.7. The van der Waals surface area contributed by atoms with E-state index in [2.05, 4.69) is 19.2 Å². The van der Waals surface area contributed by atoms with E-state index in [0.29, 0.717) is 23.0 Å². The van der Waals surface area contributed by atoms with Gasteiger partial charge < -0.3 is 14.8 Å². The summed E-state index contributed by atoms with van der Waals surface area (Å²) in [6.45, 7) is 8.13. The van der Waals surface area contributed by atoms with Crippen molar-refractivity contribution >= 4 is 11.6 Å². The maximum atomic E-state index is 12.8. The van der Waals surface area contributed by atoms with Crippen LogP contribution < -0.4 is 14.8 Å². The molecular weight excluding hydrogens is 302 g/mol. The van der Waals surface area contributed by atoms with E-state index in [9.17, 15) is 4.79 Å². The third kappa shape index (κ3) is 3.53. The Morgan fingerprint density at radius 1 is 1.04 bits per heavy atom. The largest absolute Gasteiger partial charge is 0.496 e. The normalized spacial score (nSPS) is 10.6. The Morgan fingerprint density at radius 3 is 2.12 bits per heavy atom. The zero-order valence-electron chi connectivity index (χ0n) is 15.2. The molecule has 0 aliphatic heterocycles. The van der Waals surface area contributed by atoms with Crippen molar-refractivity contribution in [2.75, 3.05) is 19.5 Å². The number of methoxy groups -OCH3 is 2. The Hall–Kier alpha value is -2.49. The number of amides is 1. The molecule has 24 heavy (non-hydrogen) atoms. The lowest BCUT2D eigenvalue weighted by molar-refractivity contribution is 0.102. The van der Waals surface area contributed by atoms with Crippen molar-refractivity contribution in [1.82, 2.24) is 0 Å².